The Morgan fingerprint density at radius 1 is 1.42 bits per heavy atom. The summed E-state index contributed by atoms with van der Waals surface area (Å²) in [5.41, 5.74) is 1.04. The van der Waals surface area contributed by atoms with Gasteiger partial charge in [0.15, 0.2) is 0 Å². The molecule has 1 saturated heterocycles. The van der Waals surface area contributed by atoms with Crippen LogP contribution < -0.4 is 10.2 Å². The molecule has 0 radical (unpaired) electrons. The summed E-state index contributed by atoms with van der Waals surface area (Å²) < 4.78 is 0. The zero-order valence-electron chi connectivity index (χ0n) is 12.6. The maximum atomic E-state index is 4.65. The standard InChI is InChI=1S/C15H26N4/c1-5-7-16-15-17-12(4)9-14(18-15)19-8-6-13(10-19)11(2)3/h9,11,13H,5-8,10H2,1-4H3,(H,16,17,18). The van der Waals surface area contributed by atoms with Gasteiger partial charge in [0, 0.05) is 31.4 Å². The number of anilines is 2. The van der Waals surface area contributed by atoms with Gasteiger partial charge in [-0.15, -0.1) is 0 Å². The van der Waals surface area contributed by atoms with E-state index in [0.29, 0.717) is 0 Å². The van der Waals surface area contributed by atoms with E-state index >= 15 is 0 Å². The first-order valence-corrected chi connectivity index (χ1v) is 7.44. The van der Waals surface area contributed by atoms with Crippen LogP contribution in [0, 0.1) is 18.8 Å². The molecule has 1 aliphatic rings. The molecule has 0 saturated carbocycles. The molecule has 4 heteroatoms. The van der Waals surface area contributed by atoms with Crippen molar-refractivity contribution >= 4 is 11.8 Å². The third kappa shape index (κ3) is 3.58. The molecule has 1 fully saturated rings. The van der Waals surface area contributed by atoms with Gasteiger partial charge in [-0.05, 0) is 31.6 Å². The first-order valence-electron chi connectivity index (χ1n) is 7.44. The SMILES string of the molecule is CCCNc1nc(C)cc(N2CCC(C(C)C)C2)n1. The fraction of sp³-hybridized carbons (Fsp3) is 0.733. The van der Waals surface area contributed by atoms with Crippen LogP contribution in [0.25, 0.3) is 0 Å². The average Bonchev–Trinajstić information content (AvgIpc) is 2.85. The summed E-state index contributed by atoms with van der Waals surface area (Å²) in [7, 11) is 0. The van der Waals surface area contributed by atoms with Gasteiger partial charge in [0.2, 0.25) is 5.95 Å². The average molecular weight is 262 g/mol. The molecule has 4 nitrogen and oxygen atoms in total. The Morgan fingerprint density at radius 3 is 2.84 bits per heavy atom. The largest absolute Gasteiger partial charge is 0.356 e. The van der Waals surface area contributed by atoms with Gasteiger partial charge in [0.05, 0.1) is 0 Å². The predicted octanol–water partition coefficient (Wildman–Crippen LogP) is 3.09. The molecule has 1 aliphatic heterocycles. The molecule has 1 atom stereocenters. The molecule has 1 N–H and O–H groups in total. The van der Waals surface area contributed by atoms with Crippen LogP contribution in [0.1, 0.15) is 39.3 Å². The molecule has 0 bridgehead atoms. The number of aromatic nitrogens is 2. The molecule has 0 amide bonds. The van der Waals surface area contributed by atoms with E-state index in [4.69, 9.17) is 0 Å². The summed E-state index contributed by atoms with van der Waals surface area (Å²) in [4.78, 5) is 11.5. The summed E-state index contributed by atoms with van der Waals surface area (Å²) in [5.74, 6) is 3.40. The lowest BCUT2D eigenvalue weighted by Crippen LogP contribution is -2.23. The molecular weight excluding hydrogens is 236 g/mol. The highest BCUT2D eigenvalue weighted by molar-refractivity contribution is 5.45. The lowest BCUT2D eigenvalue weighted by molar-refractivity contribution is 0.422. The Bertz CT molecular complexity index is 417. The number of hydrogen-bond acceptors (Lipinski definition) is 4. The second-order valence-corrected chi connectivity index (χ2v) is 5.86. The van der Waals surface area contributed by atoms with E-state index < -0.39 is 0 Å². The fourth-order valence-electron chi connectivity index (χ4n) is 2.57. The highest BCUT2D eigenvalue weighted by Crippen LogP contribution is 2.27. The van der Waals surface area contributed by atoms with Crippen molar-refractivity contribution in [3.63, 3.8) is 0 Å². The van der Waals surface area contributed by atoms with Gasteiger partial charge < -0.3 is 10.2 Å². The van der Waals surface area contributed by atoms with Crippen molar-refractivity contribution in [3.8, 4) is 0 Å². The fourth-order valence-corrected chi connectivity index (χ4v) is 2.57. The summed E-state index contributed by atoms with van der Waals surface area (Å²) in [6, 6.07) is 2.10. The molecule has 19 heavy (non-hydrogen) atoms. The van der Waals surface area contributed by atoms with Crippen LogP contribution in [0.15, 0.2) is 6.07 Å². The second-order valence-electron chi connectivity index (χ2n) is 5.86. The van der Waals surface area contributed by atoms with E-state index in [1.165, 1.54) is 6.42 Å². The third-order valence-corrected chi connectivity index (χ3v) is 3.87. The van der Waals surface area contributed by atoms with Crippen LogP contribution in [0.2, 0.25) is 0 Å². The summed E-state index contributed by atoms with van der Waals surface area (Å²) >= 11 is 0. The normalized spacial score (nSPS) is 19.2. The molecule has 0 aliphatic carbocycles. The number of aryl methyl sites for hydroxylation is 1. The number of nitrogens with one attached hydrogen (secondary N) is 1. The second kappa shape index (κ2) is 6.22. The summed E-state index contributed by atoms with van der Waals surface area (Å²) in [6.45, 7) is 12.0. The Morgan fingerprint density at radius 2 is 2.21 bits per heavy atom. The van der Waals surface area contributed by atoms with Gasteiger partial charge in [-0.2, -0.15) is 4.98 Å². The summed E-state index contributed by atoms with van der Waals surface area (Å²) in [6.07, 6.45) is 2.37. The highest BCUT2D eigenvalue weighted by Gasteiger charge is 2.26. The minimum atomic E-state index is 0.755. The maximum Gasteiger partial charge on any atom is 0.224 e. The lowest BCUT2D eigenvalue weighted by atomic mass is 9.95. The van der Waals surface area contributed by atoms with Crippen molar-refractivity contribution in [2.24, 2.45) is 11.8 Å². The van der Waals surface area contributed by atoms with Crippen molar-refractivity contribution < 1.29 is 0 Å². The van der Waals surface area contributed by atoms with Crippen LogP contribution in [0.3, 0.4) is 0 Å². The predicted molar refractivity (Wildman–Crippen MR) is 80.7 cm³/mol. The van der Waals surface area contributed by atoms with E-state index in [9.17, 15) is 0 Å². The topological polar surface area (TPSA) is 41.1 Å². The van der Waals surface area contributed by atoms with Crippen LogP contribution in [0.4, 0.5) is 11.8 Å². The van der Waals surface area contributed by atoms with Gasteiger partial charge in [-0.1, -0.05) is 20.8 Å². The van der Waals surface area contributed by atoms with Gasteiger partial charge in [0.1, 0.15) is 5.82 Å². The van der Waals surface area contributed by atoms with Crippen molar-refractivity contribution in [2.45, 2.75) is 40.5 Å². The van der Waals surface area contributed by atoms with Crippen LogP contribution in [0.5, 0.6) is 0 Å². The zero-order valence-corrected chi connectivity index (χ0v) is 12.6. The Hall–Kier alpha value is -1.32. The molecule has 2 heterocycles. The molecule has 1 unspecified atom stereocenters. The Balaban J connectivity index is 2.09. The number of nitrogens with zero attached hydrogens (tertiary/aromatic N) is 3. The summed E-state index contributed by atoms with van der Waals surface area (Å²) in [5, 5.41) is 3.28. The molecule has 2 rings (SSSR count). The molecule has 1 aromatic rings. The first-order chi connectivity index (χ1) is 9.10. The zero-order chi connectivity index (χ0) is 13.8. The van der Waals surface area contributed by atoms with Crippen molar-refractivity contribution in [2.75, 3.05) is 29.9 Å². The van der Waals surface area contributed by atoms with E-state index in [1.807, 2.05) is 6.92 Å². The molecule has 0 aromatic carbocycles. The molecule has 106 valence electrons. The third-order valence-electron chi connectivity index (χ3n) is 3.87. The van der Waals surface area contributed by atoms with Gasteiger partial charge in [0.25, 0.3) is 0 Å². The van der Waals surface area contributed by atoms with Crippen molar-refractivity contribution in [3.05, 3.63) is 11.8 Å². The van der Waals surface area contributed by atoms with Crippen LogP contribution in [-0.4, -0.2) is 29.6 Å². The molecule has 1 aromatic heterocycles. The quantitative estimate of drug-likeness (QED) is 0.885. The lowest BCUT2D eigenvalue weighted by Gasteiger charge is -2.20. The Kier molecular flexibility index (Phi) is 4.61. The smallest absolute Gasteiger partial charge is 0.224 e. The monoisotopic (exact) mass is 262 g/mol. The Labute approximate surface area is 116 Å². The van der Waals surface area contributed by atoms with Crippen LogP contribution in [-0.2, 0) is 0 Å². The van der Waals surface area contributed by atoms with Gasteiger partial charge in [-0.25, -0.2) is 4.98 Å². The van der Waals surface area contributed by atoms with E-state index in [2.05, 4.69) is 47.0 Å². The molecular formula is C15H26N4. The van der Waals surface area contributed by atoms with Crippen molar-refractivity contribution in [1.29, 1.82) is 0 Å². The van der Waals surface area contributed by atoms with Gasteiger partial charge >= 0.3 is 0 Å². The minimum Gasteiger partial charge on any atom is -0.356 e. The van der Waals surface area contributed by atoms with Crippen LogP contribution >= 0.6 is 0 Å². The number of rotatable bonds is 5. The molecule has 0 spiro atoms. The van der Waals surface area contributed by atoms with E-state index in [-0.39, 0.29) is 0 Å². The van der Waals surface area contributed by atoms with E-state index in [1.54, 1.807) is 0 Å². The first kappa shape index (κ1) is 14.1. The van der Waals surface area contributed by atoms with E-state index in [0.717, 1.165) is 55.4 Å². The minimum absolute atomic E-state index is 0.755. The highest BCUT2D eigenvalue weighted by atomic mass is 15.2. The maximum absolute atomic E-state index is 4.65. The van der Waals surface area contributed by atoms with Gasteiger partial charge in [-0.3, -0.25) is 0 Å². The van der Waals surface area contributed by atoms with Crippen molar-refractivity contribution in [1.82, 2.24) is 9.97 Å². The number of hydrogen-bond donors (Lipinski definition) is 1.